The number of nitrogens with zero attached hydrogens (tertiary/aromatic N) is 3. The normalized spacial score (nSPS) is 12.2. The molecule has 2 aromatic carbocycles. The lowest BCUT2D eigenvalue weighted by atomic mass is 10.1. The Hall–Kier alpha value is -3.41. The minimum absolute atomic E-state index is 0.252. The van der Waals surface area contributed by atoms with E-state index in [1.807, 2.05) is 66.2 Å². The summed E-state index contributed by atoms with van der Waals surface area (Å²) < 4.78 is 7.02. The topological polar surface area (TPSA) is 73.0 Å². The molecule has 0 radical (unpaired) electrons. The fourth-order valence-electron chi connectivity index (χ4n) is 3.04. The van der Waals surface area contributed by atoms with Gasteiger partial charge in [0.05, 0.1) is 11.0 Å². The fourth-order valence-corrected chi connectivity index (χ4v) is 3.04. The van der Waals surface area contributed by atoms with E-state index in [1.165, 1.54) is 0 Å². The van der Waals surface area contributed by atoms with Crippen molar-refractivity contribution in [1.82, 2.24) is 20.0 Å². The van der Waals surface area contributed by atoms with Crippen LogP contribution in [0.25, 0.3) is 11.0 Å². The first-order valence-electron chi connectivity index (χ1n) is 8.34. The highest BCUT2D eigenvalue weighted by atomic mass is 16.5. The molecular formula is C20H18N4O2. The second-order valence-electron chi connectivity index (χ2n) is 6.16. The lowest BCUT2D eigenvalue weighted by Crippen LogP contribution is -2.31. The monoisotopic (exact) mass is 346 g/mol. The van der Waals surface area contributed by atoms with Gasteiger partial charge >= 0.3 is 0 Å². The average molecular weight is 346 g/mol. The number of hydrogen-bond donors (Lipinski definition) is 1. The molecule has 1 atom stereocenters. The van der Waals surface area contributed by atoms with Gasteiger partial charge in [0.15, 0.2) is 5.69 Å². The molecule has 6 nitrogen and oxygen atoms in total. The minimum Gasteiger partial charge on any atom is -0.361 e. The van der Waals surface area contributed by atoms with Gasteiger partial charge in [-0.15, -0.1) is 0 Å². The van der Waals surface area contributed by atoms with Crippen LogP contribution in [0.3, 0.4) is 0 Å². The number of carbonyl (C=O) groups excluding carboxylic acids is 1. The molecule has 0 spiro atoms. The van der Waals surface area contributed by atoms with Crippen molar-refractivity contribution < 1.29 is 9.32 Å². The van der Waals surface area contributed by atoms with Gasteiger partial charge in [-0.1, -0.05) is 47.6 Å². The van der Waals surface area contributed by atoms with Crippen molar-refractivity contribution in [1.29, 1.82) is 0 Å². The van der Waals surface area contributed by atoms with Gasteiger partial charge in [0.2, 0.25) is 0 Å². The Bertz CT molecular complexity index is 1070. The quantitative estimate of drug-likeness (QED) is 0.615. The molecule has 0 fully saturated rings. The Morgan fingerprint density at radius 3 is 2.54 bits per heavy atom. The molecule has 0 saturated heterocycles. The predicted molar refractivity (Wildman–Crippen MR) is 97.7 cm³/mol. The fraction of sp³-hybridized carbons (Fsp3) is 0.150. The Balaban J connectivity index is 1.78. The van der Waals surface area contributed by atoms with Crippen molar-refractivity contribution in [2.24, 2.45) is 7.05 Å². The van der Waals surface area contributed by atoms with Crippen molar-refractivity contribution in [2.45, 2.75) is 13.0 Å². The third kappa shape index (κ3) is 2.86. The largest absolute Gasteiger partial charge is 0.361 e. The van der Waals surface area contributed by atoms with E-state index in [0.717, 1.165) is 22.4 Å². The number of aryl methyl sites for hydroxylation is 2. The van der Waals surface area contributed by atoms with Crippen molar-refractivity contribution >= 4 is 16.9 Å². The van der Waals surface area contributed by atoms with Gasteiger partial charge < -0.3 is 14.4 Å². The maximum atomic E-state index is 12.7. The highest BCUT2D eigenvalue weighted by Crippen LogP contribution is 2.25. The molecular weight excluding hydrogens is 328 g/mol. The molecule has 0 aliphatic rings. The summed E-state index contributed by atoms with van der Waals surface area (Å²) in [5, 5.41) is 6.84. The van der Waals surface area contributed by atoms with Crippen LogP contribution in [0.1, 0.15) is 33.7 Å². The van der Waals surface area contributed by atoms with Crippen molar-refractivity contribution in [2.75, 3.05) is 0 Å². The van der Waals surface area contributed by atoms with E-state index in [9.17, 15) is 4.79 Å². The molecule has 6 heteroatoms. The first-order chi connectivity index (χ1) is 12.6. The standard InChI is InChI=1S/C20H18N4O2/c1-13-12-16(23-26-13)20(25)22-18(14-8-4-3-5-9-14)19-21-15-10-6-7-11-17(15)24(19)2/h3-12,18H,1-2H3,(H,22,25)/t18-/m0/s1. The Labute approximate surface area is 150 Å². The molecule has 4 rings (SSSR count). The number of nitrogens with one attached hydrogen (secondary N) is 1. The Morgan fingerprint density at radius 1 is 1.12 bits per heavy atom. The zero-order chi connectivity index (χ0) is 18.1. The third-order valence-electron chi connectivity index (χ3n) is 4.35. The third-order valence-corrected chi connectivity index (χ3v) is 4.35. The summed E-state index contributed by atoms with van der Waals surface area (Å²) in [5.74, 6) is 1.04. The van der Waals surface area contributed by atoms with Crippen LogP contribution >= 0.6 is 0 Å². The predicted octanol–water partition coefficient (Wildman–Crippen LogP) is 3.39. The van der Waals surface area contributed by atoms with Crippen molar-refractivity contribution in [3.8, 4) is 0 Å². The molecule has 4 aromatic rings. The summed E-state index contributed by atoms with van der Waals surface area (Å²) in [6.45, 7) is 1.75. The summed E-state index contributed by atoms with van der Waals surface area (Å²) in [7, 11) is 1.95. The van der Waals surface area contributed by atoms with Crippen LogP contribution in [-0.4, -0.2) is 20.6 Å². The van der Waals surface area contributed by atoms with E-state index < -0.39 is 6.04 Å². The molecule has 0 bridgehead atoms. The number of rotatable bonds is 4. The molecule has 2 aromatic heterocycles. The number of aromatic nitrogens is 3. The van der Waals surface area contributed by atoms with Gasteiger partial charge in [0, 0.05) is 13.1 Å². The lowest BCUT2D eigenvalue weighted by molar-refractivity contribution is 0.0932. The van der Waals surface area contributed by atoms with E-state index >= 15 is 0 Å². The molecule has 1 N–H and O–H groups in total. The lowest BCUT2D eigenvalue weighted by Gasteiger charge is -2.18. The van der Waals surface area contributed by atoms with Crippen LogP contribution in [0, 0.1) is 6.92 Å². The Kier molecular flexibility index (Phi) is 4.01. The van der Waals surface area contributed by atoms with Crippen molar-refractivity contribution in [3.63, 3.8) is 0 Å². The molecule has 1 amide bonds. The second kappa shape index (κ2) is 6.48. The van der Waals surface area contributed by atoms with Gasteiger partial charge in [-0.3, -0.25) is 4.79 Å². The van der Waals surface area contributed by atoms with E-state index in [2.05, 4.69) is 10.5 Å². The van der Waals surface area contributed by atoms with Gasteiger partial charge in [-0.2, -0.15) is 0 Å². The molecule has 0 unspecified atom stereocenters. The summed E-state index contributed by atoms with van der Waals surface area (Å²) in [6.07, 6.45) is 0. The number of hydrogen-bond acceptors (Lipinski definition) is 4. The smallest absolute Gasteiger partial charge is 0.274 e. The zero-order valence-electron chi connectivity index (χ0n) is 14.5. The van der Waals surface area contributed by atoms with Gasteiger partial charge in [0.1, 0.15) is 17.6 Å². The maximum absolute atomic E-state index is 12.7. The van der Waals surface area contributed by atoms with Crippen LogP contribution in [0.5, 0.6) is 0 Å². The zero-order valence-corrected chi connectivity index (χ0v) is 14.5. The van der Waals surface area contributed by atoms with Crippen LogP contribution in [0.2, 0.25) is 0 Å². The molecule has 0 aliphatic heterocycles. The average Bonchev–Trinajstić information content (AvgIpc) is 3.24. The van der Waals surface area contributed by atoms with Crippen LogP contribution < -0.4 is 5.32 Å². The summed E-state index contributed by atoms with van der Waals surface area (Å²) in [6, 6.07) is 18.9. The second-order valence-corrected chi connectivity index (χ2v) is 6.16. The van der Waals surface area contributed by atoms with Crippen LogP contribution in [0.15, 0.2) is 65.2 Å². The molecule has 0 saturated carbocycles. The number of benzene rings is 2. The van der Waals surface area contributed by atoms with E-state index in [0.29, 0.717) is 5.76 Å². The number of imidazole rings is 1. The maximum Gasteiger partial charge on any atom is 0.274 e. The SMILES string of the molecule is Cc1cc(C(=O)N[C@@H](c2ccccc2)c2nc3ccccc3n2C)no1. The highest BCUT2D eigenvalue weighted by Gasteiger charge is 2.24. The summed E-state index contributed by atoms with van der Waals surface area (Å²) in [4.78, 5) is 17.4. The van der Waals surface area contributed by atoms with Crippen LogP contribution in [0.4, 0.5) is 0 Å². The van der Waals surface area contributed by atoms with Gasteiger partial charge in [-0.25, -0.2) is 4.98 Å². The summed E-state index contributed by atoms with van der Waals surface area (Å²) >= 11 is 0. The number of fused-ring (bicyclic) bond motifs is 1. The number of amides is 1. The molecule has 26 heavy (non-hydrogen) atoms. The van der Waals surface area contributed by atoms with Crippen molar-refractivity contribution in [3.05, 3.63) is 83.5 Å². The van der Waals surface area contributed by atoms with E-state index in [1.54, 1.807) is 13.0 Å². The van der Waals surface area contributed by atoms with E-state index in [-0.39, 0.29) is 11.6 Å². The number of carbonyl (C=O) groups is 1. The first-order valence-corrected chi connectivity index (χ1v) is 8.34. The van der Waals surface area contributed by atoms with Gasteiger partial charge in [0.25, 0.3) is 5.91 Å². The Morgan fingerprint density at radius 2 is 1.85 bits per heavy atom. The first kappa shape index (κ1) is 16.1. The summed E-state index contributed by atoms with van der Waals surface area (Å²) in [5.41, 5.74) is 3.09. The van der Waals surface area contributed by atoms with Crippen LogP contribution in [-0.2, 0) is 7.05 Å². The molecule has 2 heterocycles. The van der Waals surface area contributed by atoms with E-state index in [4.69, 9.17) is 9.51 Å². The highest BCUT2D eigenvalue weighted by molar-refractivity contribution is 5.92. The minimum atomic E-state index is -0.405. The van der Waals surface area contributed by atoms with Gasteiger partial charge in [-0.05, 0) is 24.6 Å². The number of para-hydroxylation sites is 2. The molecule has 0 aliphatic carbocycles. The molecule has 130 valence electrons.